The number of hydrogen-bond acceptors (Lipinski definition) is 4. The van der Waals surface area contributed by atoms with Crippen molar-refractivity contribution in [3.05, 3.63) is 53.1 Å². The number of carbonyl (C=O) groups is 1. The first-order valence-electron chi connectivity index (χ1n) is 11.3. The van der Waals surface area contributed by atoms with Gasteiger partial charge in [0.2, 0.25) is 5.91 Å². The first kappa shape index (κ1) is 20.7. The number of anilines is 3. The average molecular weight is 407 g/mol. The molecule has 0 bridgehead atoms. The summed E-state index contributed by atoms with van der Waals surface area (Å²) in [4.78, 5) is 17.7. The summed E-state index contributed by atoms with van der Waals surface area (Å²) in [5.74, 6) is -0.00730. The quantitative estimate of drug-likeness (QED) is 0.759. The number of likely N-dealkylation sites (N-methyl/N-ethyl adjacent to an activating group) is 1. The van der Waals surface area contributed by atoms with Gasteiger partial charge in [0.25, 0.3) is 0 Å². The molecule has 1 fully saturated rings. The molecule has 2 aromatic carbocycles. The van der Waals surface area contributed by atoms with Crippen LogP contribution in [0.2, 0.25) is 0 Å². The zero-order valence-electron chi connectivity index (χ0n) is 18.5. The Labute approximate surface area is 180 Å². The average Bonchev–Trinajstić information content (AvgIpc) is 3.23. The molecular weight excluding hydrogens is 372 g/mol. The highest BCUT2D eigenvalue weighted by Gasteiger charge is 2.18. The van der Waals surface area contributed by atoms with Crippen molar-refractivity contribution in [2.45, 2.75) is 46.1 Å². The standard InChI is InChI=1S/C25H34N4O/c1-4-28-12-14-29(15-13-28)23-10-11-24(18(2)16-23)26-19(3)25(30)27-22-9-8-20-6-5-7-21(20)17-22/h8-11,16-17,19,26H,4-7,12-15H2,1-3H3,(H,27,30)/t19-/m1/s1. The molecule has 0 spiro atoms. The van der Waals surface area contributed by atoms with Crippen molar-refractivity contribution in [2.75, 3.05) is 48.3 Å². The number of aryl methyl sites for hydroxylation is 3. The molecule has 4 rings (SSSR count). The largest absolute Gasteiger partial charge is 0.374 e. The van der Waals surface area contributed by atoms with E-state index in [1.54, 1.807) is 0 Å². The third-order valence-electron chi connectivity index (χ3n) is 6.53. The minimum absolute atomic E-state index is 0.00730. The van der Waals surface area contributed by atoms with Gasteiger partial charge in [-0.2, -0.15) is 0 Å². The number of amides is 1. The van der Waals surface area contributed by atoms with Gasteiger partial charge in [0.05, 0.1) is 0 Å². The normalized spacial score (nSPS) is 17.5. The van der Waals surface area contributed by atoms with Crippen molar-refractivity contribution in [2.24, 2.45) is 0 Å². The molecule has 0 aromatic heterocycles. The summed E-state index contributed by atoms with van der Waals surface area (Å²) in [5, 5.41) is 6.46. The minimum Gasteiger partial charge on any atom is -0.374 e. The van der Waals surface area contributed by atoms with Crippen molar-refractivity contribution in [3.8, 4) is 0 Å². The summed E-state index contributed by atoms with van der Waals surface area (Å²) >= 11 is 0. The molecule has 2 N–H and O–H groups in total. The monoisotopic (exact) mass is 406 g/mol. The molecule has 30 heavy (non-hydrogen) atoms. The molecule has 1 atom stereocenters. The van der Waals surface area contributed by atoms with Gasteiger partial charge in [-0.25, -0.2) is 0 Å². The zero-order valence-corrected chi connectivity index (χ0v) is 18.5. The summed E-state index contributed by atoms with van der Waals surface area (Å²) in [7, 11) is 0. The smallest absolute Gasteiger partial charge is 0.246 e. The summed E-state index contributed by atoms with van der Waals surface area (Å²) in [6.07, 6.45) is 3.49. The van der Waals surface area contributed by atoms with E-state index in [1.807, 2.05) is 13.0 Å². The fourth-order valence-electron chi connectivity index (χ4n) is 4.53. The first-order chi connectivity index (χ1) is 14.5. The molecule has 5 heteroatoms. The van der Waals surface area contributed by atoms with Crippen LogP contribution in [-0.4, -0.2) is 49.6 Å². The Morgan fingerprint density at radius 2 is 1.80 bits per heavy atom. The third kappa shape index (κ3) is 4.62. The van der Waals surface area contributed by atoms with E-state index >= 15 is 0 Å². The van der Waals surface area contributed by atoms with E-state index < -0.39 is 0 Å². The topological polar surface area (TPSA) is 47.6 Å². The Bertz CT molecular complexity index is 902. The first-order valence-corrected chi connectivity index (χ1v) is 11.3. The summed E-state index contributed by atoms with van der Waals surface area (Å²) < 4.78 is 0. The molecule has 5 nitrogen and oxygen atoms in total. The van der Waals surface area contributed by atoms with Crippen molar-refractivity contribution >= 4 is 23.0 Å². The van der Waals surface area contributed by atoms with Gasteiger partial charge in [0.15, 0.2) is 0 Å². The van der Waals surface area contributed by atoms with E-state index in [2.05, 4.69) is 64.6 Å². The molecule has 160 valence electrons. The van der Waals surface area contributed by atoms with Crippen LogP contribution >= 0.6 is 0 Å². The summed E-state index contributed by atoms with van der Waals surface area (Å²) in [6.45, 7) is 11.8. The molecule has 1 saturated heterocycles. The number of nitrogens with zero attached hydrogens (tertiary/aromatic N) is 2. The SMILES string of the molecule is CCN1CCN(c2ccc(N[C@H](C)C(=O)Nc3ccc4c(c3)CCC4)c(C)c2)CC1. The zero-order chi connectivity index (χ0) is 21.1. The van der Waals surface area contributed by atoms with E-state index in [9.17, 15) is 4.79 Å². The summed E-state index contributed by atoms with van der Waals surface area (Å²) in [5.41, 5.74) is 7.15. The van der Waals surface area contributed by atoms with Crippen molar-refractivity contribution in [1.29, 1.82) is 0 Å². The Balaban J connectivity index is 1.35. The third-order valence-corrected chi connectivity index (χ3v) is 6.53. The van der Waals surface area contributed by atoms with Gasteiger partial charge in [0.1, 0.15) is 6.04 Å². The van der Waals surface area contributed by atoms with Crippen LogP contribution < -0.4 is 15.5 Å². The second kappa shape index (κ2) is 9.09. The minimum atomic E-state index is -0.309. The molecule has 1 aliphatic heterocycles. The Morgan fingerprint density at radius 1 is 1.03 bits per heavy atom. The number of fused-ring (bicyclic) bond motifs is 1. The van der Waals surface area contributed by atoms with Gasteiger partial charge in [0, 0.05) is 43.2 Å². The van der Waals surface area contributed by atoms with Crippen LogP contribution in [0.1, 0.15) is 37.0 Å². The van der Waals surface area contributed by atoms with Crippen molar-refractivity contribution < 1.29 is 4.79 Å². The van der Waals surface area contributed by atoms with Gasteiger partial charge in [-0.05, 0) is 86.7 Å². The molecule has 0 unspecified atom stereocenters. The molecule has 0 radical (unpaired) electrons. The van der Waals surface area contributed by atoms with Gasteiger partial charge in [-0.15, -0.1) is 0 Å². The lowest BCUT2D eigenvalue weighted by molar-refractivity contribution is -0.116. The lowest BCUT2D eigenvalue weighted by Gasteiger charge is -2.35. The second-order valence-electron chi connectivity index (χ2n) is 8.61. The number of piperazine rings is 1. The number of carbonyl (C=O) groups excluding carboxylic acids is 1. The van der Waals surface area contributed by atoms with E-state index in [0.717, 1.165) is 56.9 Å². The highest BCUT2D eigenvalue weighted by Crippen LogP contribution is 2.26. The number of nitrogens with one attached hydrogen (secondary N) is 2. The number of benzene rings is 2. The Morgan fingerprint density at radius 3 is 2.53 bits per heavy atom. The van der Waals surface area contributed by atoms with Gasteiger partial charge < -0.3 is 20.4 Å². The fourth-order valence-corrected chi connectivity index (χ4v) is 4.53. The number of hydrogen-bond donors (Lipinski definition) is 2. The Hall–Kier alpha value is -2.53. The fraction of sp³-hybridized carbons (Fsp3) is 0.480. The van der Waals surface area contributed by atoms with E-state index in [1.165, 1.54) is 28.8 Å². The molecule has 1 aliphatic carbocycles. The predicted molar refractivity (Wildman–Crippen MR) is 126 cm³/mol. The number of rotatable bonds is 6. The van der Waals surface area contributed by atoms with Crippen LogP contribution in [0.5, 0.6) is 0 Å². The Kier molecular flexibility index (Phi) is 6.28. The maximum Gasteiger partial charge on any atom is 0.246 e. The molecule has 1 heterocycles. The van der Waals surface area contributed by atoms with Gasteiger partial charge >= 0.3 is 0 Å². The van der Waals surface area contributed by atoms with Gasteiger partial charge in [-0.1, -0.05) is 13.0 Å². The van der Waals surface area contributed by atoms with E-state index in [4.69, 9.17) is 0 Å². The highest BCUT2D eigenvalue weighted by atomic mass is 16.2. The van der Waals surface area contributed by atoms with Crippen LogP contribution in [0.25, 0.3) is 0 Å². The van der Waals surface area contributed by atoms with Crippen LogP contribution in [-0.2, 0) is 17.6 Å². The van der Waals surface area contributed by atoms with E-state index in [0.29, 0.717) is 0 Å². The van der Waals surface area contributed by atoms with Crippen LogP contribution in [0.4, 0.5) is 17.1 Å². The molecule has 2 aliphatic rings. The lowest BCUT2D eigenvalue weighted by Crippen LogP contribution is -2.46. The molecular formula is C25H34N4O. The molecule has 1 amide bonds. The van der Waals surface area contributed by atoms with Crippen LogP contribution in [0.3, 0.4) is 0 Å². The second-order valence-corrected chi connectivity index (χ2v) is 8.61. The predicted octanol–water partition coefficient (Wildman–Crippen LogP) is 4.06. The van der Waals surface area contributed by atoms with Crippen LogP contribution in [0, 0.1) is 6.92 Å². The van der Waals surface area contributed by atoms with Crippen molar-refractivity contribution in [3.63, 3.8) is 0 Å². The van der Waals surface area contributed by atoms with Gasteiger partial charge in [-0.3, -0.25) is 4.79 Å². The molecule has 2 aromatic rings. The summed E-state index contributed by atoms with van der Waals surface area (Å²) in [6, 6.07) is 12.5. The molecule has 0 saturated carbocycles. The lowest BCUT2D eigenvalue weighted by atomic mass is 10.1. The van der Waals surface area contributed by atoms with E-state index in [-0.39, 0.29) is 11.9 Å². The van der Waals surface area contributed by atoms with Crippen LogP contribution in [0.15, 0.2) is 36.4 Å². The maximum atomic E-state index is 12.7. The highest BCUT2D eigenvalue weighted by molar-refractivity contribution is 5.96. The van der Waals surface area contributed by atoms with Crippen molar-refractivity contribution in [1.82, 2.24) is 4.90 Å². The maximum absolute atomic E-state index is 12.7.